The first-order valence-corrected chi connectivity index (χ1v) is 12.7. The summed E-state index contributed by atoms with van der Waals surface area (Å²) in [5.74, 6) is 1.58. The quantitative estimate of drug-likeness (QED) is 0.513. The first-order chi connectivity index (χ1) is 14.7. The summed E-state index contributed by atoms with van der Waals surface area (Å²) in [5.41, 5.74) is 3.79. The van der Waals surface area contributed by atoms with Gasteiger partial charge in [-0.3, -0.25) is 9.36 Å². The molecule has 3 aromatic heterocycles. The maximum absolute atomic E-state index is 13.5. The van der Waals surface area contributed by atoms with Gasteiger partial charge < -0.3 is 4.57 Å². The summed E-state index contributed by atoms with van der Waals surface area (Å²) in [6, 6.07) is 0. The van der Waals surface area contributed by atoms with Crippen LogP contribution in [-0.4, -0.2) is 59.3 Å². The van der Waals surface area contributed by atoms with Crippen LogP contribution in [0, 0.1) is 13.8 Å². The Morgan fingerprint density at radius 2 is 1.81 bits per heavy atom. The van der Waals surface area contributed by atoms with Crippen molar-refractivity contribution < 1.29 is 8.42 Å². The molecule has 0 bridgehead atoms. The third kappa shape index (κ3) is 3.50. The van der Waals surface area contributed by atoms with Gasteiger partial charge in [-0.05, 0) is 26.5 Å². The van der Waals surface area contributed by atoms with Crippen molar-refractivity contribution in [1.29, 1.82) is 0 Å². The van der Waals surface area contributed by atoms with Gasteiger partial charge >= 0.3 is 0 Å². The number of thioether (sulfide) groups is 1. The fourth-order valence-corrected chi connectivity index (χ4v) is 6.73. The van der Waals surface area contributed by atoms with Gasteiger partial charge in [0, 0.05) is 51.4 Å². The number of aromatic nitrogens is 7. The van der Waals surface area contributed by atoms with E-state index in [2.05, 4.69) is 22.2 Å². The lowest BCUT2D eigenvalue weighted by atomic mass is 10.1. The minimum atomic E-state index is -3.69. The molecule has 0 saturated carbocycles. The summed E-state index contributed by atoms with van der Waals surface area (Å²) < 4.78 is 34.1. The van der Waals surface area contributed by atoms with Gasteiger partial charge in [-0.2, -0.15) is 14.5 Å². The van der Waals surface area contributed by atoms with Crippen LogP contribution in [0.1, 0.15) is 36.5 Å². The van der Waals surface area contributed by atoms with Gasteiger partial charge in [0.05, 0.1) is 11.4 Å². The molecule has 3 aromatic rings. The highest BCUT2D eigenvalue weighted by atomic mass is 32.2. The van der Waals surface area contributed by atoms with Crippen molar-refractivity contribution in [1.82, 2.24) is 38.6 Å². The van der Waals surface area contributed by atoms with Crippen LogP contribution >= 0.6 is 11.8 Å². The SMILES string of the molecule is CCSc1nnc(-c2nn(C)c3c2CN(S(=O)(=O)c2c(C)nn(C)c2C)CC3)n1CC. The molecule has 0 spiro atoms. The van der Waals surface area contributed by atoms with Crippen LogP contribution in [0.2, 0.25) is 0 Å². The van der Waals surface area contributed by atoms with E-state index in [9.17, 15) is 8.42 Å². The highest BCUT2D eigenvalue weighted by Crippen LogP contribution is 2.33. The fourth-order valence-electron chi connectivity index (χ4n) is 4.19. The van der Waals surface area contributed by atoms with Gasteiger partial charge in [0.2, 0.25) is 10.0 Å². The van der Waals surface area contributed by atoms with E-state index >= 15 is 0 Å². The molecule has 1 aliphatic rings. The number of fused-ring (bicyclic) bond motifs is 1. The Morgan fingerprint density at radius 3 is 2.42 bits per heavy atom. The molecule has 0 amide bonds. The van der Waals surface area contributed by atoms with Crippen molar-refractivity contribution >= 4 is 21.8 Å². The number of rotatable bonds is 6. The van der Waals surface area contributed by atoms with Crippen molar-refractivity contribution in [2.24, 2.45) is 14.1 Å². The molecule has 0 aromatic carbocycles. The lowest BCUT2D eigenvalue weighted by Crippen LogP contribution is -2.36. The molecule has 31 heavy (non-hydrogen) atoms. The average Bonchev–Trinajstić information content (AvgIpc) is 3.35. The Morgan fingerprint density at radius 1 is 1.06 bits per heavy atom. The van der Waals surface area contributed by atoms with Gasteiger partial charge in [-0.15, -0.1) is 10.2 Å². The van der Waals surface area contributed by atoms with E-state index in [1.807, 2.05) is 23.2 Å². The van der Waals surface area contributed by atoms with Gasteiger partial charge in [-0.25, -0.2) is 8.42 Å². The molecule has 12 heteroatoms. The standard InChI is InChI=1S/C19H28N8O2S2/c1-7-27-18(20-21-19(27)30-8-2)16-14-11-26(10-9-15(14)25(6)23-16)31(28,29)17-12(3)22-24(5)13(17)4/h7-11H2,1-6H3. The van der Waals surface area contributed by atoms with Crippen LogP contribution in [0.3, 0.4) is 0 Å². The molecule has 168 valence electrons. The van der Waals surface area contributed by atoms with E-state index < -0.39 is 10.0 Å². The lowest BCUT2D eigenvalue weighted by Gasteiger charge is -2.27. The molecule has 10 nitrogen and oxygen atoms in total. The molecule has 4 heterocycles. The summed E-state index contributed by atoms with van der Waals surface area (Å²) in [4.78, 5) is 0.294. The first-order valence-electron chi connectivity index (χ1n) is 10.3. The van der Waals surface area contributed by atoms with Gasteiger partial charge in [-0.1, -0.05) is 18.7 Å². The average molecular weight is 465 g/mol. The normalized spacial score (nSPS) is 14.9. The zero-order chi connectivity index (χ0) is 22.5. The second kappa shape index (κ2) is 8.06. The van der Waals surface area contributed by atoms with Crippen molar-refractivity contribution in [3.05, 3.63) is 22.6 Å². The van der Waals surface area contributed by atoms with E-state index in [1.165, 1.54) is 4.31 Å². The van der Waals surface area contributed by atoms with Gasteiger partial charge in [0.25, 0.3) is 0 Å². The second-order valence-corrected chi connectivity index (χ2v) is 10.7. The van der Waals surface area contributed by atoms with E-state index in [4.69, 9.17) is 5.10 Å². The van der Waals surface area contributed by atoms with Crippen molar-refractivity contribution in [3.63, 3.8) is 0 Å². The molecule has 0 fully saturated rings. The summed E-state index contributed by atoms with van der Waals surface area (Å²) in [6.07, 6.45) is 0.591. The van der Waals surface area contributed by atoms with E-state index in [-0.39, 0.29) is 6.54 Å². The van der Waals surface area contributed by atoms with Crippen LogP contribution in [0.15, 0.2) is 10.1 Å². The molecule has 0 radical (unpaired) electrons. The largest absolute Gasteiger partial charge is 0.301 e. The number of sulfonamides is 1. The Hall–Kier alpha value is -2.18. The summed E-state index contributed by atoms with van der Waals surface area (Å²) >= 11 is 1.63. The van der Waals surface area contributed by atoms with Gasteiger partial charge in [0.1, 0.15) is 10.6 Å². The van der Waals surface area contributed by atoms with E-state index in [0.29, 0.717) is 47.3 Å². The minimum Gasteiger partial charge on any atom is -0.301 e. The summed E-state index contributed by atoms with van der Waals surface area (Å²) in [5, 5.41) is 18.6. The Bertz CT molecular complexity index is 1240. The molecule has 1 aliphatic heterocycles. The second-order valence-electron chi connectivity index (χ2n) is 7.59. The minimum absolute atomic E-state index is 0.251. The van der Waals surface area contributed by atoms with Crippen LogP contribution < -0.4 is 0 Å². The molecule has 4 rings (SSSR count). The van der Waals surface area contributed by atoms with Crippen molar-refractivity contribution in [2.75, 3.05) is 12.3 Å². The topological polar surface area (TPSA) is 104 Å². The Balaban J connectivity index is 1.77. The van der Waals surface area contributed by atoms with Crippen molar-refractivity contribution in [3.8, 4) is 11.5 Å². The fraction of sp³-hybridized carbons (Fsp3) is 0.579. The smallest absolute Gasteiger partial charge is 0.247 e. The Kier molecular flexibility index (Phi) is 5.73. The van der Waals surface area contributed by atoms with E-state index in [0.717, 1.165) is 22.2 Å². The number of hydrogen-bond donors (Lipinski definition) is 0. The summed E-state index contributed by atoms with van der Waals surface area (Å²) in [6.45, 7) is 9.02. The number of hydrogen-bond acceptors (Lipinski definition) is 7. The zero-order valence-electron chi connectivity index (χ0n) is 18.7. The first kappa shape index (κ1) is 22.0. The highest BCUT2D eigenvalue weighted by molar-refractivity contribution is 7.99. The molecule has 0 aliphatic carbocycles. The van der Waals surface area contributed by atoms with Crippen LogP contribution in [0.25, 0.3) is 11.5 Å². The zero-order valence-corrected chi connectivity index (χ0v) is 20.4. The van der Waals surface area contributed by atoms with Crippen molar-refractivity contribution in [2.45, 2.75) is 57.3 Å². The predicted molar refractivity (Wildman–Crippen MR) is 118 cm³/mol. The van der Waals surface area contributed by atoms with E-state index in [1.54, 1.807) is 37.3 Å². The van der Waals surface area contributed by atoms with Gasteiger partial charge in [0.15, 0.2) is 11.0 Å². The van der Waals surface area contributed by atoms with Crippen LogP contribution in [-0.2, 0) is 43.6 Å². The third-order valence-electron chi connectivity index (χ3n) is 5.77. The Labute approximate surface area is 186 Å². The molecular formula is C19H28N8O2S2. The highest BCUT2D eigenvalue weighted by Gasteiger charge is 2.36. The molecule has 0 saturated heterocycles. The monoisotopic (exact) mass is 464 g/mol. The van der Waals surface area contributed by atoms with Crippen LogP contribution in [0.4, 0.5) is 0 Å². The molecular weight excluding hydrogens is 436 g/mol. The lowest BCUT2D eigenvalue weighted by molar-refractivity contribution is 0.385. The molecule has 0 atom stereocenters. The van der Waals surface area contributed by atoms with Crippen LogP contribution in [0.5, 0.6) is 0 Å². The maximum Gasteiger partial charge on any atom is 0.247 e. The molecule has 0 N–H and O–H groups in total. The maximum atomic E-state index is 13.5. The number of nitrogens with zero attached hydrogens (tertiary/aromatic N) is 8. The number of aryl methyl sites for hydroxylation is 3. The molecule has 0 unspecified atom stereocenters. The predicted octanol–water partition coefficient (Wildman–Crippen LogP) is 1.91. The summed E-state index contributed by atoms with van der Waals surface area (Å²) in [7, 11) is -0.0267. The third-order valence-corrected chi connectivity index (χ3v) is 8.71.